The molecule has 64 valence electrons. The zero-order chi connectivity index (χ0) is 8.27. The Bertz CT molecular complexity index is 144. The molecule has 1 aliphatic carbocycles. The zero-order valence-electron chi connectivity index (χ0n) is 6.75. The van der Waals surface area contributed by atoms with Crippen molar-refractivity contribution in [2.45, 2.75) is 31.8 Å². The summed E-state index contributed by atoms with van der Waals surface area (Å²) in [6.07, 6.45) is 2.82. The molecule has 1 N–H and O–H groups in total. The van der Waals surface area contributed by atoms with Crippen LogP contribution in [0.2, 0.25) is 0 Å². The maximum absolute atomic E-state index is 10.8. The first-order valence-corrected chi connectivity index (χ1v) is 3.97. The van der Waals surface area contributed by atoms with Crippen LogP contribution < -0.4 is 0 Å². The summed E-state index contributed by atoms with van der Waals surface area (Å²) in [5, 5.41) is 9.13. The van der Waals surface area contributed by atoms with Crippen molar-refractivity contribution in [2.24, 2.45) is 5.92 Å². The highest BCUT2D eigenvalue weighted by molar-refractivity contribution is 5.69. The normalized spacial score (nSPS) is 30.4. The standard InChI is InChI=1S/C8H14O3/c1-11-8(10)5-6-2-3-7(9)4-6/h6-7,9H,2-5H2,1H3. The van der Waals surface area contributed by atoms with Crippen molar-refractivity contribution in [2.75, 3.05) is 7.11 Å². The summed E-state index contributed by atoms with van der Waals surface area (Å²) in [4.78, 5) is 10.8. The average molecular weight is 158 g/mol. The first kappa shape index (κ1) is 8.53. The maximum atomic E-state index is 10.8. The van der Waals surface area contributed by atoms with Crippen LogP contribution in [0.25, 0.3) is 0 Å². The van der Waals surface area contributed by atoms with E-state index in [1.54, 1.807) is 0 Å². The van der Waals surface area contributed by atoms with Gasteiger partial charge >= 0.3 is 5.97 Å². The summed E-state index contributed by atoms with van der Waals surface area (Å²) in [6, 6.07) is 0. The van der Waals surface area contributed by atoms with Gasteiger partial charge in [-0.1, -0.05) is 0 Å². The number of carbonyl (C=O) groups excluding carboxylic acids is 1. The SMILES string of the molecule is COC(=O)CC1CCC(O)C1. The number of aliphatic hydroxyl groups excluding tert-OH is 1. The first-order valence-electron chi connectivity index (χ1n) is 3.97. The molecular formula is C8H14O3. The third-order valence-electron chi connectivity index (χ3n) is 2.20. The molecule has 11 heavy (non-hydrogen) atoms. The smallest absolute Gasteiger partial charge is 0.305 e. The Balaban J connectivity index is 2.23. The molecule has 0 saturated heterocycles. The lowest BCUT2D eigenvalue weighted by atomic mass is 10.0. The highest BCUT2D eigenvalue weighted by Crippen LogP contribution is 2.28. The Labute approximate surface area is 66.4 Å². The van der Waals surface area contributed by atoms with Gasteiger partial charge in [-0.2, -0.15) is 0 Å². The van der Waals surface area contributed by atoms with E-state index in [-0.39, 0.29) is 12.1 Å². The molecule has 0 amide bonds. The van der Waals surface area contributed by atoms with E-state index in [2.05, 4.69) is 4.74 Å². The predicted octanol–water partition coefficient (Wildman–Crippen LogP) is 0.710. The summed E-state index contributed by atoms with van der Waals surface area (Å²) in [5.41, 5.74) is 0. The van der Waals surface area contributed by atoms with E-state index < -0.39 is 0 Å². The summed E-state index contributed by atoms with van der Waals surface area (Å²) < 4.78 is 4.53. The van der Waals surface area contributed by atoms with Crippen LogP contribution in [-0.4, -0.2) is 24.3 Å². The number of carbonyl (C=O) groups is 1. The molecule has 1 saturated carbocycles. The van der Waals surface area contributed by atoms with Crippen molar-refractivity contribution < 1.29 is 14.6 Å². The van der Waals surface area contributed by atoms with Gasteiger partial charge in [0.15, 0.2) is 0 Å². The van der Waals surface area contributed by atoms with E-state index in [0.717, 1.165) is 19.3 Å². The molecule has 0 aliphatic heterocycles. The Morgan fingerprint density at radius 1 is 1.64 bits per heavy atom. The molecule has 1 aliphatic rings. The highest BCUT2D eigenvalue weighted by atomic mass is 16.5. The summed E-state index contributed by atoms with van der Waals surface area (Å²) in [5.74, 6) is 0.182. The monoisotopic (exact) mass is 158 g/mol. The minimum Gasteiger partial charge on any atom is -0.469 e. The van der Waals surface area contributed by atoms with Crippen molar-refractivity contribution in [3.05, 3.63) is 0 Å². The molecular weight excluding hydrogens is 144 g/mol. The minimum atomic E-state index is -0.190. The largest absolute Gasteiger partial charge is 0.469 e. The molecule has 0 aromatic heterocycles. The van der Waals surface area contributed by atoms with Crippen LogP contribution in [0.1, 0.15) is 25.7 Å². The fourth-order valence-corrected chi connectivity index (χ4v) is 1.55. The molecule has 0 heterocycles. The van der Waals surface area contributed by atoms with Crippen LogP contribution in [0.3, 0.4) is 0 Å². The van der Waals surface area contributed by atoms with E-state index in [1.165, 1.54) is 7.11 Å². The molecule has 1 rings (SSSR count). The minimum absolute atomic E-state index is 0.163. The Hall–Kier alpha value is -0.570. The number of rotatable bonds is 2. The molecule has 1 fully saturated rings. The van der Waals surface area contributed by atoms with Crippen molar-refractivity contribution in [3.8, 4) is 0 Å². The molecule has 0 aromatic rings. The van der Waals surface area contributed by atoms with Crippen molar-refractivity contribution in [3.63, 3.8) is 0 Å². The van der Waals surface area contributed by atoms with Gasteiger partial charge in [-0.3, -0.25) is 4.79 Å². The van der Waals surface area contributed by atoms with E-state index in [9.17, 15) is 4.79 Å². The molecule has 0 spiro atoms. The van der Waals surface area contributed by atoms with E-state index in [0.29, 0.717) is 12.3 Å². The summed E-state index contributed by atoms with van der Waals surface area (Å²) in [7, 11) is 1.40. The fourth-order valence-electron chi connectivity index (χ4n) is 1.55. The van der Waals surface area contributed by atoms with Crippen LogP contribution in [0.5, 0.6) is 0 Å². The molecule has 3 nitrogen and oxygen atoms in total. The van der Waals surface area contributed by atoms with Crippen LogP contribution >= 0.6 is 0 Å². The van der Waals surface area contributed by atoms with Gasteiger partial charge in [0.2, 0.25) is 0 Å². The van der Waals surface area contributed by atoms with Crippen molar-refractivity contribution >= 4 is 5.97 Å². The first-order chi connectivity index (χ1) is 5.22. The average Bonchev–Trinajstić information content (AvgIpc) is 2.35. The second-order valence-electron chi connectivity index (χ2n) is 3.11. The van der Waals surface area contributed by atoms with Gasteiger partial charge in [0.1, 0.15) is 0 Å². The highest BCUT2D eigenvalue weighted by Gasteiger charge is 2.24. The lowest BCUT2D eigenvalue weighted by molar-refractivity contribution is -0.141. The molecule has 2 atom stereocenters. The fraction of sp³-hybridized carbons (Fsp3) is 0.875. The summed E-state index contributed by atoms with van der Waals surface area (Å²) in [6.45, 7) is 0. The lowest BCUT2D eigenvalue weighted by Crippen LogP contribution is -2.08. The Kier molecular flexibility index (Phi) is 2.88. The van der Waals surface area contributed by atoms with Gasteiger partial charge in [0, 0.05) is 6.42 Å². The maximum Gasteiger partial charge on any atom is 0.305 e. The number of esters is 1. The van der Waals surface area contributed by atoms with Crippen LogP contribution in [-0.2, 0) is 9.53 Å². The Morgan fingerprint density at radius 3 is 2.82 bits per heavy atom. The third-order valence-corrected chi connectivity index (χ3v) is 2.20. The summed E-state index contributed by atoms with van der Waals surface area (Å²) >= 11 is 0. The van der Waals surface area contributed by atoms with Gasteiger partial charge in [-0.15, -0.1) is 0 Å². The van der Waals surface area contributed by atoms with Gasteiger partial charge < -0.3 is 9.84 Å². The van der Waals surface area contributed by atoms with E-state index in [1.807, 2.05) is 0 Å². The second-order valence-corrected chi connectivity index (χ2v) is 3.11. The predicted molar refractivity (Wildman–Crippen MR) is 40.0 cm³/mol. The van der Waals surface area contributed by atoms with Crippen molar-refractivity contribution in [1.82, 2.24) is 0 Å². The molecule has 2 unspecified atom stereocenters. The second kappa shape index (κ2) is 3.72. The van der Waals surface area contributed by atoms with Gasteiger partial charge in [0.05, 0.1) is 13.2 Å². The van der Waals surface area contributed by atoms with Gasteiger partial charge in [0.25, 0.3) is 0 Å². The number of hydrogen-bond donors (Lipinski definition) is 1. The van der Waals surface area contributed by atoms with Crippen molar-refractivity contribution in [1.29, 1.82) is 0 Å². The van der Waals surface area contributed by atoms with E-state index >= 15 is 0 Å². The van der Waals surface area contributed by atoms with Crippen LogP contribution in [0.15, 0.2) is 0 Å². The molecule has 0 radical (unpaired) electrons. The Morgan fingerprint density at radius 2 is 2.36 bits per heavy atom. The zero-order valence-corrected chi connectivity index (χ0v) is 6.75. The molecule has 0 aromatic carbocycles. The third kappa shape index (κ3) is 2.50. The molecule has 0 bridgehead atoms. The lowest BCUT2D eigenvalue weighted by Gasteiger charge is -2.05. The van der Waals surface area contributed by atoms with E-state index in [4.69, 9.17) is 5.11 Å². The van der Waals surface area contributed by atoms with Gasteiger partial charge in [-0.05, 0) is 25.2 Å². The molecule has 3 heteroatoms. The number of aliphatic hydroxyl groups is 1. The number of ether oxygens (including phenoxy) is 1. The van der Waals surface area contributed by atoms with Crippen LogP contribution in [0, 0.1) is 5.92 Å². The van der Waals surface area contributed by atoms with Crippen LogP contribution in [0.4, 0.5) is 0 Å². The topological polar surface area (TPSA) is 46.5 Å². The number of hydrogen-bond acceptors (Lipinski definition) is 3. The van der Waals surface area contributed by atoms with Gasteiger partial charge in [-0.25, -0.2) is 0 Å². The number of methoxy groups -OCH3 is 1. The quantitative estimate of drug-likeness (QED) is 0.602.